The number of hydrogen-bond acceptors (Lipinski definition) is 2. The lowest BCUT2D eigenvalue weighted by Crippen LogP contribution is -2.25. The van der Waals surface area contributed by atoms with E-state index < -0.39 is 0 Å². The first-order valence-electron chi connectivity index (χ1n) is 2.85. The minimum atomic E-state index is 0.285. The number of rotatable bonds is 2. The van der Waals surface area contributed by atoms with E-state index in [9.17, 15) is 4.79 Å². The molecule has 1 rings (SSSR count). The molecule has 9 heavy (non-hydrogen) atoms. The lowest BCUT2D eigenvalue weighted by Gasteiger charge is -2.21. The molecule has 0 amide bonds. The van der Waals surface area contributed by atoms with Crippen molar-refractivity contribution in [3.05, 3.63) is 10.4 Å². The smallest absolute Gasteiger partial charge is 0.133 e. The molecule has 0 bridgehead atoms. The second kappa shape index (κ2) is 2.51. The normalized spacial score (nSPS) is 18.4. The van der Waals surface area contributed by atoms with Crippen LogP contribution < -0.4 is 0 Å². The average molecular weight is 125 g/mol. The highest BCUT2D eigenvalue weighted by molar-refractivity contribution is 5.84. The predicted molar refractivity (Wildman–Crippen MR) is 31.7 cm³/mol. The summed E-state index contributed by atoms with van der Waals surface area (Å²) < 4.78 is 0. The Morgan fingerprint density at radius 3 is 2.89 bits per heavy atom. The molecule has 4 nitrogen and oxygen atoms in total. The molecule has 0 aliphatic heterocycles. The van der Waals surface area contributed by atoms with E-state index in [1.165, 1.54) is 0 Å². The Hall–Kier alpha value is -1.02. The molecular formula is C5H7N3O. The van der Waals surface area contributed by atoms with Gasteiger partial charge in [-0.3, -0.25) is 4.79 Å². The molecule has 1 saturated carbocycles. The number of nitrogens with zero attached hydrogens (tertiary/aromatic N) is 3. The second-order valence-corrected chi connectivity index (χ2v) is 2.23. The predicted octanol–water partition coefficient (Wildman–Crippen LogP) is 1.28. The van der Waals surface area contributed by atoms with Crippen molar-refractivity contribution in [2.75, 3.05) is 6.54 Å². The van der Waals surface area contributed by atoms with Gasteiger partial charge in [0, 0.05) is 24.3 Å². The van der Waals surface area contributed by atoms with Crippen molar-refractivity contribution in [1.29, 1.82) is 0 Å². The molecule has 0 saturated heterocycles. The van der Waals surface area contributed by atoms with Crippen molar-refractivity contribution in [1.82, 2.24) is 0 Å². The second-order valence-electron chi connectivity index (χ2n) is 2.23. The van der Waals surface area contributed by atoms with E-state index in [4.69, 9.17) is 5.53 Å². The lowest BCUT2D eigenvalue weighted by atomic mass is 9.84. The van der Waals surface area contributed by atoms with Crippen LogP contribution in [0.1, 0.15) is 12.8 Å². The van der Waals surface area contributed by atoms with Crippen LogP contribution in [0.15, 0.2) is 5.11 Å². The van der Waals surface area contributed by atoms with Crippen LogP contribution >= 0.6 is 0 Å². The molecule has 1 aliphatic rings. The zero-order chi connectivity index (χ0) is 6.69. The zero-order valence-electron chi connectivity index (χ0n) is 4.95. The van der Waals surface area contributed by atoms with Crippen molar-refractivity contribution < 1.29 is 4.79 Å². The van der Waals surface area contributed by atoms with Crippen LogP contribution in [0.5, 0.6) is 0 Å². The molecule has 0 aromatic carbocycles. The molecule has 0 aromatic heterocycles. The van der Waals surface area contributed by atoms with E-state index in [0.717, 1.165) is 0 Å². The molecule has 1 fully saturated rings. The van der Waals surface area contributed by atoms with Gasteiger partial charge in [-0.1, -0.05) is 5.11 Å². The molecule has 1 aliphatic carbocycles. The summed E-state index contributed by atoms with van der Waals surface area (Å²) in [6.07, 6.45) is 1.22. The monoisotopic (exact) mass is 125 g/mol. The number of carbonyl (C=O) groups excluding carboxylic acids is 1. The molecule has 0 unspecified atom stereocenters. The van der Waals surface area contributed by atoms with E-state index >= 15 is 0 Å². The van der Waals surface area contributed by atoms with Gasteiger partial charge in [-0.25, -0.2) is 0 Å². The number of carbonyl (C=O) groups is 1. The van der Waals surface area contributed by atoms with Crippen molar-refractivity contribution in [3.63, 3.8) is 0 Å². The number of azide groups is 1. The minimum absolute atomic E-state index is 0.285. The first kappa shape index (κ1) is 6.11. The van der Waals surface area contributed by atoms with E-state index in [1.807, 2.05) is 0 Å². The summed E-state index contributed by atoms with van der Waals surface area (Å²) in [7, 11) is 0. The first-order chi connectivity index (χ1) is 4.33. The quantitative estimate of drug-likeness (QED) is 0.311. The van der Waals surface area contributed by atoms with Gasteiger partial charge in [0.1, 0.15) is 5.78 Å². The van der Waals surface area contributed by atoms with Gasteiger partial charge in [-0.05, 0) is 11.4 Å². The average Bonchev–Trinajstić information content (AvgIpc) is 1.78. The summed E-state index contributed by atoms with van der Waals surface area (Å²) in [6.45, 7) is 0.488. The SMILES string of the molecule is [N-]=[N+]=NCC1CC(=O)C1. The summed E-state index contributed by atoms with van der Waals surface area (Å²) >= 11 is 0. The molecule has 0 aromatic rings. The summed E-state index contributed by atoms with van der Waals surface area (Å²) in [6, 6.07) is 0. The third kappa shape index (κ3) is 1.44. The highest BCUT2D eigenvalue weighted by Gasteiger charge is 2.24. The van der Waals surface area contributed by atoms with Crippen LogP contribution in [0.2, 0.25) is 0 Å². The molecule has 0 spiro atoms. The van der Waals surface area contributed by atoms with E-state index in [2.05, 4.69) is 10.0 Å². The van der Waals surface area contributed by atoms with Crippen molar-refractivity contribution >= 4 is 5.78 Å². The van der Waals surface area contributed by atoms with Crippen LogP contribution in [0.4, 0.5) is 0 Å². The fourth-order valence-corrected chi connectivity index (χ4v) is 0.865. The minimum Gasteiger partial charge on any atom is -0.300 e. The van der Waals surface area contributed by atoms with E-state index in [0.29, 0.717) is 25.3 Å². The van der Waals surface area contributed by atoms with Crippen LogP contribution in [-0.2, 0) is 4.79 Å². The van der Waals surface area contributed by atoms with Crippen molar-refractivity contribution in [3.8, 4) is 0 Å². The van der Waals surface area contributed by atoms with Gasteiger partial charge in [0.15, 0.2) is 0 Å². The summed E-state index contributed by atoms with van der Waals surface area (Å²) in [5.74, 6) is 0.626. The Morgan fingerprint density at radius 2 is 2.44 bits per heavy atom. The summed E-state index contributed by atoms with van der Waals surface area (Å²) in [4.78, 5) is 12.9. The largest absolute Gasteiger partial charge is 0.300 e. The number of ketones is 1. The first-order valence-corrected chi connectivity index (χ1v) is 2.85. The van der Waals surface area contributed by atoms with Gasteiger partial charge in [0.2, 0.25) is 0 Å². The molecule has 4 heteroatoms. The molecular weight excluding hydrogens is 118 g/mol. The van der Waals surface area contributed by atoms with Gasteiger partial charge >= 0.3 is 0 Å². The van der Waals surface area contributed by atoms with Crippen molar-refractivity contribution in [2.45, 2.75) is 12.8 Å². The maximum absolute atomic E-state index is 10.3. The molecule has 0 heterocycles. The fraction of sp³-hybridized carbons (Fsp3) is 0.800. The molecule has 48 valence electrons. The third-order valence-corrected chi connectivity index (χ3v) is 1.44. The molecule has 0 N–H and O–H groups in total. The lowest BCUT2D eigenvalue weighted by molar-refractivity contribution is -0.126. The van der Waals surface area contributed by atoms with Gasteiger partial charge in [0.25, 0.3) is 0 Å². The standard InChI is InChI=1S/C5H7N3O/c6-8-7-3-4-1-5(9)2-4/h4H,1-3H2. The Morgan fingerprint density at radius 1 is 1.78 bits per heavy atom. The van der Waals surface area contributed by atoms with Crippen LogP contribution in [-0.4, -0.2) is 12.3 Å². The van der Waals surface area contributed by atoms with Gasteiger partial charge < -0.3 is 0 Å². The van der Waals surface area contributed by atoms with E-state index in [-0.39, 0.29) is 5.78 Å². The van der Waals surface area contributed by atoms with Crippen molar-refractivity contribution in [2.24, 2.45) is 11.0 Å². The number of hydrogen-bond donors (Lipinski definition) is 0. The summed E-state index contributed by atoms with van der Waals surface area (Å²) in [5.41, 5.74) is 7.87. The highest BCUT2D eigenvalue weighted by atomic mass is 16.1. The van der Waals surface area contributed by atoms with Crippen LogP contribution in [0, 0.1) is 5.92 Å². The zero-order valence-corrected chi connectivity index (χ0v) is 4.95. The maximum atomic E-state index is 10.3. The Kier molecular flexibility index (Phi) is 1.70. The number of Topliss-reactive ketones (excluding diaryl/α,β-unsaturated/α-hetero) is 1. The van der Waals surface area contributed by atoms with Gasteiger partial charge in [-0.15, -0.1) is 0 Å². The molecule has 0 radical (unpaired) electrons. The topological polar surface area (TPSA) is 65.8 Å². The van der Waals surface area contributed by atoms with Crippen LogP contribution in [0.3, 0.4) is 0 Å². The Balaban J connectivity index is 2.17. The van der Waals surface area contributed by atoms with Gasteiger partial charge in [0.05, 0.1) is 0 Å². The van der Waals surface area contributed by atoms with Gasteiger partial charge in [-0.2, -0.15) is 0 Å². The van der Waals surface area contributed by atoms with Crippen LogP contribution in [0.25, 0.3) is 10.4 Å². The Labute approximate surface area is 52.5 Å². The maximum Gasteiger partial charge on any atom is 0.133 e. The highest BCUT2D eigenvalue weighted by Crippen LogP contribution is 2.22. The Bertz CT molecular complexity index is 163. The third-order valence-electron chi connectivity index (χ3n) is 1.44. The van der Waals surface area contributed by atoms with E-state index in [1.54, 1.807) is 0 Å². The summed E-state index contributed by atoms with van der Waals surface area (Å²) in [5, 5.41) is 3.36. The molecule has 0 atom stereocenters. The fourth-order valence-electron chi connectivity index (χ4n) is 0.865.